The summed E-state index contributed by atoms with van der Waals surface area (Å²) in [6.07, 6.45) is 1.88. The van der Waals surface area contributed by atoms with Crippen molar-refractivity contribution in [2.45, 2.75) is 51.7 Å². The lowest BCUT2D eigenvalue weighted by atomic mass is 9.92. The van der Waals surface area contributed by atoms with Gasteiger partial charge in [0.15, 0.2) is 9.84 Å². The van der Waals surface area contributed by atoms with Crippen LogP contribution in [0, 0.1) is 0 Å². The highest BCUT2D eigenvalue weighted by Crippen LogP contribution is 2.35. The summed E-state index contributed by atoms with van der Waals surface area (Å²) in [5.74, 6) is 0.448. The van der Waals surface area contributed by atoms with Gasteiger partial charge in [0, 0.05) is 17.1 Å². The van der Waals surface area contributed by atoms with E-state index in [-0.39, 0.29) is 28.6 Å². The molecule has 0 saturated carbocycles. The fourth-order valence-corrected chi connectivity index (χ4v) is 5.83. The molecule has 0 aromatic carbocycles. The zero-order valence-corrected chi connectivity index (χ0v) is 11.8. The molecule has 4 heteroatoms. The summed E-state index contributed by atoms with van der Waals surface area (Å²) in [6, 6.07) is 0.181. The highest BCUT2D eigenvalue weighted by atomic mass is 32.2. The monoisotopic (exact) mass is 245 g/mol. The van der Waals surface area contributed by atoms with E-state index in [0.717, 1.165) is 0 Å². The molecule has 1 rings (SSSR count). The third-order valence-electron chi connectivity index (χ3n) is 3.20. The SMILES string of the molecule is C=CC(C)N1C(C)(C)CS(=O)(=O)CC1(C)C. The molecule has 0 N–H and O–H groups in total. The third-order valence-corrected chi connectivity index (χ3v) is 5.49. The predicted octanol–water partition coefficient (Wildman–Crippen LogP) is 1.85. The van der Waals surface area contributed by atoms with E-state index < -0.39 is 9.84 Å². The Morgan fingerprint density at radius 2 is 1.56 bits per heavy atom. The van der Waals surface area contributed by atoms with Crippen LogP contribution in [0.15, 0.2) is 12.7 Å². The summed E-state index contributed by atoms with van der Waals surface area (Å²) >= 11 is 0. The summed E-state index contributed by atoms with van der Waals surface area (Å²) in [4.78, 5) is 2.26. The minimum atomic E-state index is -2.95. The third kappa shape index (κ3) is 2.48. The second kappa shape index (κ2) is 3.84. The standard InChI is InChI=1S/C12H23NO2S/c1-7-10(2)13-11(3,4)8-16(14,15)9-12(13,5)6/h7,10H,1,8-9H2,2-6H3. The molecule has 0 aliphatic carbocycles. The summed E-state index contributed by atoms with van der Waals surface area (Å²) in [7, 11) is -2.95. The average molecular weight is 245 g/mol. The van der Waals surface area contributed by atoms with Crippen LogP contribution >= 0.6 is 0 Å². The Labute approximate surface area is 99.4 Å². The number of nitrogens with zero attached hydrogens (tertiary/aromatic N) is 1. The molecule has 1 aliphatic heterocycles. The second-order valence-electron chi connectivity index (χ2n) is 6.00. The fraction of sp³-hybridized carbons (Fsp3) is 0.833. The maximum absolute atomic E-state index is 11.9. The number of hydrogen-bond acceptors (Lipinski definition) is 3. The Morgan fingerprint density at radius 3 is 1.88 bits per heavy atom. The lowest BCUT2D eigenvalue weighted by Crippen LogP contribution is -2.67. The van der Waals surface area contributed by atoms with Gasteiger partial charge in [-0.15, -0.1) is 6.58 Å². The van der Waals surface area contributed by atoms with Gasteiger partial charge in [-0.1, -0.05) is 6.08 Å². The Morgan fingerprint density at radius 1 is 1.19 bits per heavy atom. The van der Waals surface area contributed by atoms with E-state index in [4.69, 9.17) is 0 Å². The van der Waals surface area contributed by atoms with Crippen LogP contribution in [-0.2, 0) is 9.84 Å². The normalized spacial score (nSPS) is 29.6. The van der Waals surface area contributed by atoms with Gasteiger partial charge in [0.25, 0.3) is 0 Å². The minimum absolute atomic E-state index is 0.181. The van der Waals surface area contributed by atoms with E-state index in [9.17, 15) is 8.42 Å². The molecule has 0 bridgehead atoms. The van der Waals surface area contributed by atoms with Crippen LogP contribution in [0.1, 0.15) is 34.6 Å². The van der Waals surface area contributed by atoms with Crippen LogP contribution < -0.4 is 0 Å². The summed E-state index contributed by atoms with van der Waals surface area (Å²) in [5.41, 5.74) is -0.678. The van der Waals surface area contributed by atoms with Crippen molar-refractivity contribution in [2.24, 2.45) is 0 Å². The van der Waals surface area contributed by atoms with Crippen molar-refractivity contribution in [3.05, 3.63) is 12.7 Å². The maximum Gasteiger partial charge on any atom is 0.153 e. The number of hydrogen-bond donors (Lipinski definition) is 0. The topological polar surface area (TPSA) is 37.4 Å². The fourth-order valence-electron chi connectivity index (χ4n) is 3.29. The van der Waals surface area contributed by atoms with E-state index >= 15 is 0 Å². The molecule has 1 fully saturated rings. The predicted molar refractivity (Wildman–Crippen MR) is 68.3 cm³/mol. The molecule has 94 valence electrons. The molecule has 3 nitrogen and oxygen atoms in total. The largest absolute Gasteiger partial charge is 0.285 e. The molecule has 0 aromatic rings. The Kier molecular flexibility index (Phi) is 3.29. The summed E-state index contributed by atoms with van der Waals surface area (Å²) in [6.45, 7) is 13.8. The smallest absolute Gasteiger partial charge is 0.153 e. The van der Waals surface area contributed by atoms with Gasteiger partial charge in [0.2, 0.25) is 0 Å². The van der Waals surface area contributed by atoms with E-state index in [1.165, 1.54) is 0 Å². The van der Waals surface area contributed by atoms with Crippen molar-refractivity contribution < 1.29 is 8.42 Å². The van der Waals surface area contributed by atoms with Crippen LogP contribution in [0.5, 0.6) is 0 Å². The van der Waals surface area contributed by atoms with Crippen molar-refractivity contribution in [3.8, 4) is 0 Å². The molecule has 0 radical (unpaired) electrons. The first-order valence-corrected chi connectivity index (χ1v) is 7.46. The van der Waals surface area contributed by atoms with Gasteiger partial charge in [-0.2, -0.15) is 0 Å². The van der Waals surface area contributed by atoms with Crippen LogP contribution in [0.25, 0.3) is 0 Å². The first-order valence-electron chi connectivity index (χ1n) is 5.64. The minimum Gasteiger partial charge on any atom is -0.285 e. The highest BCUT2D eigenvalue weighted by molar-refractivity contribution is 7.91. The number of sulfone groups is 1. The van der Waals surface area contributed by atoms with Crippen molar-refractivity contribution in [1.82, 2.24) is 4.90 Å². The molecule has 0 aromatic heterocycles. The number of rotatable bonds is 2. The van der Waals surface area contributed by atoms with Gasteiger partial charge in [-0.05, 0) is 34.6 Å². The van der Waals surface area contributed by atoms with Gasteiger partial charge in [-0.25, -0.2) is 8.42 Å². The van der Waals surface area contributed by atoms with E-state index in [1.807, 2.05) is 33.8 Å². The lowest BCUT2D eigenvalue weighted by molar-refractivity contribution is 0.0138. The molecular formula is C12H23NO2S. The van der Waals surface area contributed by atoms with E-state index in [0.29, 0.717) is 0 Å². The maximum atomic E-state index is 11.9. The van der Waals surface area contributed by atoms with Crippen LogP contribution in [0.3, 0.4) is 0 Å². The van der Waals surface area contributed by atoms with Crippen LogP contribution in [0.2, 0.25) is 0 Å². The quantitative estimate of drug-likeness (QED) is 0.697. The molecule has 1 atom stereocenters. The van der Waals surface area contributed by atoms with Crippen LogP contribution in [0.4, 0.5) is 0 Å². The first kappa shape index (κ1) is 13.7. The van der Waals surface area contributed by atoms with Crippen molar-refractivity contribution in [1.29, 1.82) is 0 Å². The zero-order valence-electron chi connectivity index (χ0n) is 10.9. The van der Waals surface area contributed by atoms with Gasteiger partial charge in [-0.3, -0.25) is 4.90 Å². The molecule has 1 unspecified atom stereocenters. The zero-order chi connectivity index (χ0) is 12.8. The van der Waals surface area contributed by atoms with Gasteiger partial charge in [0.05, 0.1) is 11.5 Å². The summed E-state index contributed by atoms with van der Waals surface area (Å²) in [5, 5.41) is 0. The molecule has 1 aliphatic rings. The van der Waals surface area contributed by atoms with Crippen molar-refractivity contribution >= 4 is 9.84 Å². The molecule has 0 amide bonds. The van der Waals surface area contributed by atoms with Gasteiger partial charge < -0.3 is 0 Å². The Hall–Kier alpha value is -0.350. The first-order chi connectivity index (χ1) is 7.02. The molecule has 16 heavy (non-hydrogen) atoms. The Bertz CT molecular complexity index is 358. The highest BCUT2D eigenvalue weighted by Gasteiger charge is 2.49. The van der Waals surface area contributed by atoms with E-state index in [2.05, 4.69) is 18.4 Å². The van der Waals surface area contributed by atoms with Gasteiger partial charge in [0.1, 0.15) is 0 Å². The lowest BCUT2D eigenvalue weighted by Gasteiger charge is -2.54. The second-order valence-corrected chi connectivity index (χ2v) is 8.07. The molecule has 1 saturated heterocycles. The average Bonchev–Trinajstić information content (AvgIpc) is 1.95. The Balaban J connectivity index is 3.21. The van der Waals surface area contributed by atoms with Crippen LogP contribution in [-0.4, -0.2) is 41.9 Å². The van der Waals surface area contributed by atoms with E-state index in [1.54, 1.807) is 0 Å². The molecule has 0 spiro atoms. The summed E-state index contributed by atoms with van der Waals surface area (Å²) < 4.78 is 23.8. The molecular weight excluding hydrogens is 222 g/mol. The van der Waals surface area contributed by atoms with Crippen molar-refractivity contribution in [2.75, 3.05) is 11.5 Å². The van der Waals surface area contributed by atoms with Crippen molar-refractivity contribution in [3.63, 3.8) is 0 Å². The van der Waals surface area contributed by atoms with Gasteiger partial charge >= 0.3 is 0 Å². The molecule has 1 heterocycles.